The van der Waals surface area contributed by atoms with Crippen LogP contribution in [0.25, 0.3) is 11.4 Å². The highest BCUT2D eigenvalue weighted by Gasteiger charge is 2.16. The predicted molar refractivity (Wildman–Crippen MR) is 58.2 cm³/mol. The van der Waals surface area contributed by atoms with Crippen molar-refractivity contribution >= 4 is 8.69 Å². The number of rotatable bonds is 4. The second-order valence-corrected chi connectivity index (χ2v) is 3.49. The number of hydrogen-bond donors (Lipinski definition) is 1. The Hall–Kier alpha value is -1.69. The van der Waals surface area contributed by atoms with E-state index in [1.165, 1.54) is 12.4 Å². The molecule has 2 rings (SSSR count). The van der Waals surface area contributed by atoms with Crippen molar-refractivity contribution in [1.82, 2.24) is 15.1 Å². The topological polar surface area (TPSA) is 89.1 Å². The first kappa shape index (κ1) is 11.8. The van der Waals surface area contributed by atoms with E-state index >= 15 is 0 Å². The van der Waals surface area contributed by atoms with Gasteiger partial charge in [0.2, 0.25) is 6.20 Å². The minimum absolute atomic E-state index is 0.539. The smallest absolute Gasteiger partial charge is 0.311 e. The molecular formula is C9H10N4O3P+. The Morgan fingerprint density at radius 3 is 2.76 bits per heavy atom. The maximum Gasteiger partial charge on any atom is 0.407 e. The second kappa shape index (κ2) is 5.58. The third-order valence-electron chi connectivity index (χ3n) is 1.96. The van der Waals surface area contributed by atoms with Crippen molar-refractivity contribution < 1.29 is 18.9 Å². The third kappa shape index (κ3) is 2.91. The Kier molecular flexibility index (Phi) is 3.87. The van der Waals surface area contributed by atoms with Gasteiger partial charge in [0.25, 0.3) is 0 Å². The van der Waals surface area contributed by atoms with Gasteiger partial charge in [0, 0.05) is 24.0 Å². The first-order chi connectivity index (χ1) is 8.31. The van der Waals surface area contributed by atoms with E-state index in [4.69, 9.17) is 0 Å². The molecule has 0 radical (unpaired) electrons. The highest BCUT2D eigenvalue weighted by molar-refractivity contribution is 7.17. The van der Waals surface area contributed by atoms with E-state index in [-0.39, 0.29) is 0 Å². The SMILES string of the molecule is O=[PH2]OC(O)[n+]1ccc(-c2ncccn2)cn1. The fourth-order valence-electron chi connectivity index (χ4n) is 1.19. The van der Waals surface area contributed by atoms with E-state index in [2.05, 4.69) is 19.6 Å². The average Bonchev–Trinajstić information content (AvgIpc) is 2.40. The van der Waals surface area contributed by atoms with Crippen molar-refractivity contribution in [3.63, 3.8) is 0 Å². The molecule has 0 spiro atoms. The lowest BCUT2D eigenvalue weighted by Crippen LogP contribution is -2.42. The zero-order valence-electron chi connectivity index (χ0n) is 8.67. The zero-order chi connectivity index (χ0) is 12.1. The molecule has 7 nitrogen and oxygen atoms in total. The van der Waals surface area contributed by atoms with Crippen LogP contribution in [0.15, 0.2) is 36.9 Å². The van der Waals surface area contributed by atoms with Crippen LogP contribution >= 0.6 is 8.69 Å². The fourth-order valence-corrected chi connectivity index (χ4v) is 1.41. The molecule has 2 heterocycles. The van der Waals surface area contributed by atoms with Crippen LogP contribution in [0.2, 0.25) is 0 Å². The van der Waals surface area contributed by atoms with Crippen molar-refractivity contribution in [1.29, 1.82) is 0 Å². The zero-order valence-corrected chi connectivity index (χ0v) is 9.83. The van der Waals surface area contributed by atoms with Gasteiger partial charge in [-0.1, -0.05) is 0 Å². The second-order valence-electron chi connectivity index (χ2n) is 3.03. The molecule has 2 unspecified atom stereocenters. The van der Waals surface area contributed by atoms with Crippen molar-refractivity contribution in [2.45, 2.75) is 6.41 Å². The summed E-state index contributed by atoms with van der Waals surface area (Å²) in [5, 5.41) is 13.3. The normalized spacial score (nSPS) is 13.0. The fraction of sp³-hybridized carbons (Fsp3) is 0.111. The van der Waals surface area contributed by atoms with E-state index < -0.39 is 15.1 Å². The maximum absolute atomic E-state index is 10.2. The van der Waals surface area contributed by atoms with Gasteiger partial charge in [-0.2, -0.15) is 0 Å². The van der Waals surface area contributed by atoms with Crippen LogP contribution in [0, 0.1) is 0 Å². The summed E-state index contributed by atoms with van der Waals surface area (Å²) < 4.78 is 15.9. The highest BCUT2D eigenvalue weighted by Crippen LogP contribution is 2.10. The van der Waals surface area contributed by atoms with Crippen LogP contribution in [-0.4, -0.2) is 20.2 Å². The van der Waals surface area contributed by atoms with Gasteiger partial charge >= 0.3 is 6.41 Å². The van der Waals surface area contributed by atoms with Crippen LogP contribution in [-0.2, 0) is 9.09 Å². The molecule has 0 aliphatic carbocycles. The van der Waals surface area contributed by atoms with Crippen LogP contribution < -0.4 is 4.68 Å². The lowest BCUT2D eigenvalue weighted by atomic mass is 10.3. The largest absolute Gasteiger partial charge is 0.407 e. The summed E-state index contributed by atoms with van der Waals surface area (Å²) in [6.45, 7) is 0. The molecular weight excluding hydrogens is 243 g/mol. The van der Waals surface area contributed by atoms with Crippen molar-refractivity contribution in [2.24, 2.45) is 0 Å². The van der Waals surface area contributed by atoms with Crippen molar-refractivity contribution in [3.05, 3.63) is 36.9 Å². The van der Waals surface area contributed by atoms with Gasteiger partial charge < -0.3 is 5.11 Å². The number of aliphatic hydroxyl groups excluding tert-OH is 1. The Morgan fingerprint density at radius 1 is 1.41 bits per heavy atom. The molecule has 0 amide bonds. The van der Waals surface area contributed by atoms with Gasteiger partial charge in [-0.3, -0.25) is 4.57 Å². The minimum atomic E-state index is -1.49. The van der Waals surface area contributed by atoms with E-state index in [1.54, 1.807) is 24.5 Å². The van der Waals surface area contributed by atoms with Crippen LogP contribution in [0.4, 0.5) is 0 Å². The molecule has 88 valence electrons. The summed E-state index contributed by atoms with van der Waals surface area (Å²) in [4.78, 5) is 8.12. The highest BCUT2D eigenvalue weighted by atomic mass is 31.1. The number of aliphatic hydroxyl groups is 1. The summed E-state index contributed by atoms with van der Waals surface area (Å²) in [5.41, 5.74) is 0.712. The number of aromatic nitrogens is 4. The Bertz CT molecular complexity index is 493. The number of hydrogen-bond acceptors (Lipinski definition) is 6. The molecule has 0 bridgehead atoms. The molecule has 17 heavy (non-hydrogen) atoms. The first-order valence-electron chi connectivity index (χ1n) is 4.73. The Labute approximate surface area is 98.0 Å². The van der Waals surface area contributed by atoms with Crippen molar-refractivity contribution in [3.8, 4) is 11.4 Å². The maximum atomic E-state index is 10.2. The summed E-state index contributed by atoms with van der Waals surface area (Å²) in [7, 11) is -1.49. The van der Waals surface area contributed by atoms with Gasteiger partial charge in [0.05, 0.1) is 0 Å². The number of nitrogens with zero attached hydrogens (tertiary/aromatic N) is 4. The summed E-state index contributed by atoms with van der Waals surface area (Å²) in [6.07, 6.45) is 4.89. The Morgan fingerprint density at radius 2 is 2.18 bits per heavy atom. The van der Waals surface area contributed by atoms with E-state index in [1.807, 2.05) is 0 Å². The van der Waals surface area contributed by atoms with Gasteiger partial charge in [0.1, 0.15) is 6.20 Å². The van der Waals surface area contributed by atoms with Gasteiger partial charge in [-0.15, -0.1) is 0 Å². The van der Waals surface area contributed by atoms with E-state index in [0.29, 0.717) is 11.4 Å². The van der Waals surface area contributed by atoms with Crippen LogP contribution in [0.5, 0.6) is 0 Å². The minimum Gasteiger partial charge on any atom is -0.311 e. The van der Waals surface area contributed by atoms with Crippen LogP contribution in [0.1, 0.15) is 6.41 Å². The lowest BCUT2D eigenvalue weighted by molar-refractivity contribution is -0.839. The molecule has 2 aromatic heterocycles. The molecule has 0 aliphatic heterocycles. The van der Waals surface area contributed by atoms with Crippen LogP contribution in [0.3, 0.4) is 0 Å². The molecule has 0 fully saturated rings. The quantitative estimate of drug-likeness (QED) is 0.467. The third-order valence-corrected chi connectivity index (χ3v) is 2.32. The summed E-state index contributed by atoms with van der Waals surface area (Å²) in [5.74, 6) is 0.539. The van der Waals surface area contributed by atoms with Gasteiger partial charge in [0.15, 0.2) is 14.5 Å². The predicted octanol–water partition coefficient (Wildman–Crippen LogP) is -0.0376. The standard InChI is InChI=1S/C9H10N4O3P/c14-9(16-17-15)13-5-2-7(6-12-13)8-10-3-1-4-11-8/h1-6,9,14H,17H2/q+1. The first-order valence-corrected chi connectivity index (χ1v) is 5.67. The van der Waals surface area contributed by atoms with Gasteiger partial charge in [-0.05, 0) is 15.8 Å². The molecule has 2 atom stereocenters. The molecule has 8 heteroatoms. The molecule has 0 saturated carbocycles. The molecule has 2 aromatic rings. The summed E-state index contributed by atoms with van der Waals surface area (Å²) >= 11 is 0. The van der Waals surface area contributed by atoms with Crippen molar-refractivity contribution in [2.75, 3.05) is 0 Å². The summed E-state index contributed by atoms with van der Waals surface area (Å²) in [6, 6.07) is 3.39. The molecule has 0 aliphatic rings. The lowest BCUT2D eigenvalue weighted by Gasteiger charge is -2.00. The van der Waals surface area contributed by atoms with E-state index in [0.717, 1.165) is 4.68 Å². The molecule has 0 saturated heterocycles. The average molecular weight is 253 g/mol. The monoisotopic (exact) mass is 253 g/mol. The molecule has 0 aromatic carbocycles. The molecule has 1 N–H and O–H groups in total. The van der Waals surface area contributed by atoms with E-state index in [9.17, 15) is 9.67 Å². The Balaban J connectivity index is 2.21. The van der Waals surface area contributed by atoms with Gasteiger partial charge in [-0.25, -0.2) is 14.5 Å².